The van der Waals surface area contributed by atoms with Gasteiger partial charge in [-0.05, 0) is 107 Å². The second-order valence-corrected chi connectivity index (χ2v) is 14.3. The van der Waals surface area contributed by atoms with Crippen LogP contribution < -0.4 is 14.2 Å². The topological polar surface area (TPSA) is 116 Å². The number of nitrogens with zero attached hydrogens (tertiary/aromatic N) is 4. The first-order valence-electron chi connectivity index (χ1n) is 19.0. The molecule has 59 heavy (non-hydrogen) atoms. The molecule has 2 amide bonds. The first kappa shape index (κ1) is 38.0. The monoisotopic (exact) mass is 774 g/mol. The minimum Gasteiger partial charge on any atom is -0.497 e. The number of nitriles is 2. The number of hydrogen-bond acceptors (Lipinski definition) is 7. The van der Waals surface area contributed by atoms with Crippen molar-refractivity contribution in [2.45, 2.75) is 23.9 Å². The van der Waals surface area contributed by atoms with Crippen molar-refractivity contribution in [3.8, 4) is 35.1 Å². The molecule has 0 saturated heterocycles. The lowest BCUT2D eigenvalue weighted by Crippen LogP contribution is -2.49. The Bertz CT molecular complexity index is 2500. The van der Waals surface area contributed by atoms with Gasteiger partial charge in [0, 0.05) is 47.5 Å². The summed E-state index contributed by atoms with van der Waals surface area (Å²) in [5, 5.41) is 21.9. The Hall–Kier alpha value is -7.88. The lowest BCUT2D eigenvalue weighted by Gasteiger charge is -2.40. The summed E-state index contributed by atoms with van der Waals surface area (Å²) >= 11 is 0. The van der Waals surface area contributed by atoms with Gasteiger partial charge in [0.1, 0.15) is 23.0 Å². The zero-order valence-corrected chi connectivity index (χ0v) is 32.4. The van der Waals surface area contributed by atoms with Crippen LogP contribution >= 0.6 is 0 Å². The summed E-state index contributed by atoms with van der Waals surface area (Å²) in [6.07, 6.45) is 7.47. The Kier molecular flexibility index (Phi) is 10.3. The molecule has 9 nitrogen and oxygen atoms in total. The van der Waals surface area contributed by atoms with Gasteiger partial charge in [-0.25, -0.2) is 0 Å². The summed E-state index contributed by atoms with van der Waals surface area (Å²) in [7, 11) is 3.15. The Balaban J connectivity index is 1.05. The van der Waals surface area contributed by atoms with Gasteiger partial charge in [-0.15, -0.1) is 0 Å². The van der Waals surface area contributed by atoms with Crippen molar-refractivity contribution in [1.29, 1.82) is 10.5 Å². The molecular formula is C50H38N4O5. The van der Waals surface area contributed by atoms with E-state index in [9.17, 15) is 20.1 Å². The molecule has 0 aromatic heterocycles. The molecule has 288 valence electrons. The van der Waals surface area contributed by atoms with Crippen LogP contribution in [0.25, 0.3) is 12.2 Å². The standard InChI is InChI=1S/C50H38N4O5/c1-57-43-23-17-37-25-27-53(47(55)39-9-5-3-6-10-39)49(33-51,45(37)29-43)31-35-13-19-41(20-14-35)59-42-21-15-36(16-22-42)32-50(34-52)46-30-44(58-2)24-18-38(46)26-28-54(50)48(56)40-11-7-4-8-12-40/h3-30H,31-32H2,1-2H3. The molecule has 9 heteroatoms. The van der Waals surface area contributed by atoms with E-state index in [2.05, 4.69) is 12.1 Å². The van der Waals surface area contributed by atoms with Gasteiger partial charge in [0.25, 0.3) is 11.8 Å². The summed E-state index contributed by atoms with van der Waals surface area (Å²) in [5.41, 5.74) is 2.84. The van der Waals surface area contributed by atoms with Crippen molar-refractivity contribution in [3.63, 3.8) is 0 Å². The summed E-state index contributed by atoms with van der Waals surface area (Å²) in [4.78, 5) is 31.0. The van der Waals surface area contributed by atoms with Gasteiger partial charge in [-0.1, -0.05) is 72.8 Å². The van der Waals surface area contributed by atoms with E-state index in [1.165, 1.54) is 9.80 Å². The van der Waals surface area contributed by atoms with Crippen molar-refractivity contribution < 1.29 is 23.8 Å². The number of carbonyl (C=O) groups is 2. The smallest absolute Gasteiger partial charge is 0.259 e. The Labute approximate surface area is 342 Å². The van der Waals surface area contributed by atoms with E-state index in [1.54, 1.807) is 75.2 Å². The molecule has 2 aliphatic rings. The van der Waals surface area contributed by atoms with E-state index >= 15 is 0 Å². The quantitative estimate of drug-likeness (QED) is 0.136. The molecule has 0 bridgehead atoms. The molecule has 0 aliphatic carbocycles. The van der Waals surface area contributed by atoms with Crippen molar-refractivity contribution >= 4 is 24.0 Å². The van der Waals surface area contributed by atoms with Gasteiger partial charge in [-0.3, -0.25) is 19.4 Å². The third-order valence-corrected chi connectivity index (χ3v) is 10.9. The highest BCUT2D eigenvalue weighted by molar-refractivity contribution is 5.97. The zero-order chi connectivity index (χ0) is 41.0. The van der Waals surface area contributed by atoms with E-state index in [1.807, 2.05) is 109 Å². The maximum Gasteiger partial charge on any atom is 0.259 e. The second kappa shape index (κ2) is 15.9. The van der Waals surface area contributed by atoms with E-state index in [-0.39, 0.29) is 24.7 Å². The van der Waals surface area contributed by atoms with E-state index in [0.29, 0.717) is 45.3 Å². The molecule has 0 saturated carbocycles. The third-order valence-electron chi connectivity index (χ3n) is 10.9. The molecule has 0 fully saturated rings. The van der Waals surface area contributed by atoms with E-state index in [4.69, 9.17) is 14.2 Å². The van der Waals surface area contributed by atoms with Gasteiger partial charge >= 0.3 is 0 Å². The molecule has 8 rings (SSSR count). The van der Waals surface area contributed by atoms with Gasteiger partial charge in [0.15, 0.2) is 11.1 Å². The Morgan fingerprint density at radius 1 is 0.525 bits per heavy atom. The summed E-state index contributed by atoms with van der Waals surface area (Å²) < 4.78 is 17.3. The molecule has 2 unspecified atom stereocenters. The fourth-order valence-corrected chi connectivity index (χ4v) is 7.82. The van der Waals surface area contributed by atoms with Crippen LogP contribution in [0.3, 0.4) is 0 Å². The number of ether oxygens (including phenoxy) is 3. The van der Waals surface area contributed by atoms with Crippen LogP contribution in [-0.4, -0.2) is 35.8 Å². The Morgan fingerprint density at radius 2 is 0.898 bits per heavy atom. The van der Waals surface area contributed by atoms with Crippen molar-refractivity contribution in [2.75, 3.05) is 14.2 Å². The summed E-state index contributed by atoms with van der Waals surface area (Å²) in [6, 6.07) is 48.9. The lowest BCUT2D eigenvalue weighted by molar-refractivity contribution is 0.0689. The van der Waals surface area contributed by atoms with Crippen LogP contribution in [0.5, 0.6) is 23.0 Å². The third kappa shape index (κ3) is 7.07. The molecule has 6 aromatic rings. The van der Waals surface area contributed by atoms with Crippen LogP contribution in [0.1, 0.15) is 54.1 Å². The molecule has 0 spiro atoms. The van der Waals surface area contributed by atoms with Gasteiger partial charge in [0.05, 0.1) is 26.4 Å². The van der Waals surface area contributed by atoms with Crippen molar-refractivity contribution in [3.05, 3.63) is 203 Å². The predicted molar refractivity (Wildman–Crippen MR) is 224 cm³/mol. The Morgan fingerprint density at radius 3 is 1.25 bits per heavy atom. The number of methoxy groups -OCH3 is 2. The molecule has 0 radical (unpaired) electrons. The first-order valence-corrected chi connectivity index (χ1v) is 19.0. The molecule has 6 aromatic carbocycles. The highest BCUT2D eigenvalue weighted by atomic mass is 16.5. The summed E-state index contributed by atoms with van der Waals surface area (Å²) in [5.74, 6) is 1.73. The van der Waals surface area contributed by atoms with Crippen molar-refractivity contribution in [2.24, 2.45) is 0 Å². The number of carbonyl (C=O) groups excluding carboxylic acids is 2. The normalized spacial score (nSPS) is 17.5. The SMILES string of the molecule is COc1ccc2c(c1)C(C#N)(Cc1ccc(Oc3ccc(CC4(C#N)c5cc(OC)ccc5C=CN4C(=O)c4ccccc4)cc3)cc1)N(C(=O)c1ccccc1)C=C2. The highest BCUT2D eigenvalue weighted by Crippen LogP contribution is 2.43. The maximum atomic E-state index is 14.0. The molecule has 2 heterocycles. The number of benzene rings is 6. The lowest BCUT2D eigenvalue weighted by atomic mass is 9.78. The highest BCUT2D eigenvalue weighted by Gasteiger charge is 2.46. The molecular weight excluding hydrogens is 737 g/mol. The maximum absolute atomic E-state index is 14.0. The van der Waals surface area contributed by atoms with Gasteiger partial charge < -0.3 is 14.2 Å². The number of amides is 2. The van der Waals surface area contributed by atoms with Gasteiger partial charge in [-0.2, -0.15) is 10.5 Å². The number of hydrogen-bond donors (Lipinski definition) is 0. The fraction of sp³-hybridized carbons (Fsp3) is 0.120. The molecule has 2 aliphatic heterocycles. The minimum absolute atomic E-state index is 0.205. The first-order chi connectivity index (χ1) is 28.8. The molecule has 0 N–H and O–H groups in total. The van der Waals surface area contributed by atoms with Crippen LogP contribution in [0.15, 0.2) is 158 Å². The van der Waals surface area contributed by atoms with Crippen LogP contribution in [0.2, 0.25) is 0 Å². The fourth-order valence-electron chi connectivity index (χ4n) is 7.82. The van der Waals surface area contributed by atoms with Gasteiger partial charge in [0.2, 0.25) is 0 Å². The van der Waals surface area contributed by atoms with Crippen LogP contribution in [-0.2, 0) is 23.9 Å². The molecule has 2 atom stereocenters. The average molecular weight is 775 g/mol. The average Bonchev–Trinajstić information content (AvgIpc) is 3.30. The van der Waals surface area contributed by atoms with Crippen molar-refractivity contribution in [1.82, 2.24) is 9.80 Å². The minimum atomic E-state index is -1.37. The zero-order valence-electron chi connectivity index (χ0n) is 32.4. The van der Waals surface area contributed by atoms with E-state index < -0.39 is 11.1 Å². The number of fused-ring (bicyclic) bond motifs is 2. The van der Waals surface area contributed by atoms with E-state index in [0.717, 1.165) is 22.3 Å². The van der Waals surface area contributed by atoms with Crippen LogP contribution in [0, 0.1) is 22.7 Å². The van der Waals surface area contributed by atoms with Crippen LogP contribution in [0.4, 0.5) is 0 Å². The number of rotatable bonds is 10. The second-order valence-electron chi connectivity index (χ2n) is 14.3. The predicted octanol–water partition coefficient (Wildman–Crippen LogP) is 9.67. The summed E-state index contributed by atoms with van der Waals surface area (Å²) in [6.45, 7) is 0. The largest absolute Gasteiger partial charge is 0.497 e.